The van der Waals surface area contributed by atoms with Crippen LogP contribution in [0, 0.1) is 0 Å². The van der Waals surface area contributed by atoms with Gasteiger partial charge in [-0.25, -0.2) is 8.42 Å². The van der Waals surface area contributed by atoms with E-state index < -0.39 is 10.0 Å². The molecule has 1 heterocycles. The molecule has 0 aliphatic heterocycles. The molecule has 0 bridgehead atoms. The fourth-order valence-electron chi connectivity index (χ4n) is 2.63. The Morgan fingerprint density at radius 3 is 2.33 bits per heavy atom. The second-order valence-corrected chi connectivity index (χ2v) is 10.4. The van der Waals surface area contributed by atoms with Crippen LogP contribution in [0.25, 0.3) is 10.1 Å². The van der Waals surface area contributed by atoms with Crippen molar-refractivity contribution in [3.63, 3.8) is 0 Å². The maximum atomic E-state index is 12.8. The molecule has 0 spiro atoms. The Bertz CT molecular complexity index is 1080. The van der Waals surface area contributed by atoms with Gasteiger partial charge in [0.15, 0.2) is 0 Å². The number of anilines is 1. The molecule has 7 heteroatoms. The van der Waals surface area contributed by atoms with Crippen molar-refractivity contribution < 1.29 is 13.2 Å². The number of nitrogens with one attached hydrogen (secondary N) is 1. The van der Waals surface area contributed by atoms with Crippen molar-refractivity contribution >= 4 is 43.0 Å². The third-order valence-electron chi connectivity index (χ3n) is 3.98. The number of thiophene rings is 1. The summed E-state index contributed by atoms with van der Waals surface area (Å²) in [5.41, 5.74) is 0.231. The van der Waals surface area contributed by atoms with E-state index in [1.54, 1.807) is 48.5 Å². The van der Waals surface area contributed by atoms with Crippen LogP contribution in [0.3, 0.4) is 0 Å². The molecule has 1 N–H and O–H groups in total. The van der Waals surface area contributed by atoms with Gasteiger partial charge < -0.3 is 5.32 Å². The van der Waals surface area contributed by atoms with Gasteiger partial charge in [-0.3, -0.25) is 9.10 Å². The standard InChI is InChI=1S/C20H22N2O3S2/c1-20(2,3)21-19(23)18-13-14-12-15(10-11-17(14)26-18)22(4)27(24,25)16-8-6-5-7-9-16/h5-13H,1-4H3,(H,21,23). The van der Waals surface area contributed by atoms with Crippen molar-refractivity contribution in [3.8, 4) is 0 Å². The molecule has 1 aromatic heterocycles. The maximum Gasteiger partial charge on any atom is 0.264 e. The van der Waals surface area contributed by atoms with Gasteiger partial charge in [0.2, 0.25) is 0 Å². The predicted molar refractivity (Wildman–Crippen MR) is 111 cm³/mol. The van der Waals surface area contributed by atoms with Crippen LogP contribution in [0.15, 0.2) is 59.5 Å². The Labute approximate surface area is 163 Å². The number of rotatable bonds is 4. The van der Waals surface area contributed by atoms with Crippen LogP contribution in [-0.2, 0) is 10.0 Å². The molecule has 0 aliphatic rings. The maximum absolute atomic E-state index is 12.8. The highest BCUT2D eigenvalue weighted by molar-refractivity contribution is 7.92. The van der Waals surface area contributed by atoms with Crippen LogP contribution in [0.2, 0.25) is 0 Å². The summed E-state index contributed by atoms with van der Waals surface area (Å²) in [5, 5.41) is 3.78. The summed E-state index contributed by atoms with van der Waals surface area (Å²) in [6.45, 7) is 5.79. The Hall–Kier alpha value is -2.38. The number of amides is 1. The van der Waals surface area contributed by atoms with E-state index in [4.69, 9.17) is 0 Å². The zero-order valence-electron chi connectivity index (χ0n) is 15.7. The van der Waals surface area contributed by atoms with Gasteiger partial charge in [-0.2, -0.15) is 0 Å². The number of benzene rings is 2. The highest BCUT2D eigenvalue weighted by Gasteiger charge is 2.22. The molecule has 0 saturated carbocycles. The minimum absolute atomic E-state index is 0.129. The van der Waals surface area contributed by atoms with Crippen molar-refractivity contribution in [2.75, 3.05) is 11.4 Å². The van der Waals surface area contributed by atoms with E-state index in [2.05, 4.69) is 5.32 Å². The highest BCUT2D eigenvalue weighted by Crippen LogP contribution is 2.31. The highest BCUT2D eigenvalue weighted by atomic mass is 32.2. The molecule has 0 aliphatic carbocycles. The van der Waals surface area contributed by atoms with Crippen LogP contribution in [-0.4, -0.2) is 26.9 Å². The topological polar surface area (TPSA) is 66.5 Å². The van der Waals surface area contributed by atoms with Crippen molar-refractivity contribution in [3.05, 3.63) is 59.5 Å². The lowest BCUT2D eigenvalue weighted by molar-refractivity contribution is 0.0924. The van der Waals surface area contributed by atoms with Gasteiger partial charge in [-0.15, -0.1) is 11.3 Å². The summed E-state index contributed by atoms with van der Waals surface area (Å²) in [6, 6.07) is 15.5. The molecular weight excluding hydrogens is 380 g/mol. The van der Waals surface area contributed by atoms with Gasteiger partial charge in [0.25, 0.3) is 15.9 Å². The van der Waals surface area contributed by atoms with Crippen LogP contribution in [0.4, 0.5) is 5.69 Å². The van der Waals surface area contributed by atoms with E-state index in [0.717, 1.165) is 10.1 Å². The Kier molecular flexibility index (Phi) is 5.01. The summed E-state index contributed by atoms with van der Waals surface area (Å²) in [4.78, 5) is 13.2. The van der Waals surface area contributed by atoms with E-state index in [0.29, 0.717) is 10.6 Å². The molecule has 142 valence electrons. The normalized spacial score (nSPS) is 12.1. The number of nitrogens with zero attached hydrogens (tertiary/aromatic N) is 1. The summed E-state index contributed by atoms with van der Waals surface area (Å²) in [5.74, 6) is -0.129. The Morgan fingerprint density at radius 2 is 1.70 bits per heavy atom. The van der Waals surface area contributed by atoms with Gasteiger partial charge in [-0.1, -0.05) is 18.2 Å². The quantitative estimate of drug-likeness (QED) is 0.709. The lowest BCUT2D eigenvalue weighted by Gasteiger charge is -2.19. The molecule has 2 aromatic carbocycles. The molecule has 1 amide bonds. The molecule has 5 nitrogen and oxygen atoms in total. The summed E-state index contributed by atoms with van der Waals surface area (Å²) in [7, 11) is -2.11. The van der Waals surface area contributed by atoms with E-state index in [1.165, 1.54) is 22.7 Å². The molecule has 0 fully saturated rings. The lowest BCUT2D eigenvalue weighted by Crippen LogP contribution is -2.40. The molecule has 27 heavy (non-hydrogen) atoms. The first-order valence-electron chi connectivity index (χ1n) is 8.48. The zero-order valence-corrected chi connectivity index (χ0v) is 17.3. The van der Waals surface area contributed by atoms with E-state index in [1.807, 2.05) is 26.8 Å². The number of hydrogen-bond donors (Lipinski definition) is 1. The van der Waals surface area contributed by atoms with Crippen molar-refractivity contribution in [2.24, 2.45) is 0 Å². The van der Waals surface area contributed by atoms with E-state index in [-0.39, 0.29) is 16.3 Å². The largest absolute Gasteiger partial charge is 0.347 e. The molecule has 3 rings (SSSR count). The molecule has 3 aromatic rings. The predicted octanol–water partition coefficient (Wildman–Crippen LogP) is 4.25. The van der Waals surface area contributed by atoms with Gasteiger partial charge >= 0.3 is 0 Å². The zero-order chi connectivity index (χ0) is 19.8. The van der Waals surface area contributed by atoms with Gasteiger partial charge in [0.05, 0.1) is 15.5 Å². The summed E-state index contributed by atoms with van der Waals surface area (Å²) >= 11 is 1.39. The number of carbonyl (C=O) groups excluding carboxylic acids is 1. The second kappa shape index (κ2) is 6.98. The molecule has 0 radical (unpaired) electrons. The first-order valence-corrected chi connectivity index (χ1v) is 10.7. The number of fused-ring (bicyclic) bond motifs is 1. The summed E-state index contributed by atoms with van der Waals surface area (Å²) in [6.07, 6.45) is 0. The van der Waals surface area contributed by atoms with Crippen molar-refractivity contribution in [1.29, 1.82) is 0 Å². The van der Waals surface area contributed by atoms with Crippen molar-refractivity contribution in [1.82, 2.24) is 5.32 Å². The first kappa shape index (κ1) is 19.4. The van der Waals surface area contributed by atoms with Crippen LogP contribution in [0.5, 0.6) is 0 Å². The van der Waals surface area contributed by atoms with Crippen molar-refractivity contribution in [2.45, 2.75) is 31.2 Å². The SMILES string of the molecule is CN(c1ccc2sc(C(=O)NC(C)(C)C)cc2c1)S(=O)(=O)c1ccccc1. The molecular formula is C20H22N2O3S2. The Morgan fingerprint density at radius 1 is 1.04 bits per heavy atom. The van der Waals surface area contributed by atoms with Crippen LogP contribution in [0.1, 0.15) is 30.4 Å². The first-order chi connectivity index (χ1) is 12.6. The lowest BCUT2D eigenvalue weighted by atomic mass is 10.1. The van der Waals surface area contributed by atoms with Crippen LogP contribution >= 0.6 is 11.3 Å². The fraction of sp³-hybridized carbons (Fsp3) is 0.250. The van der Waals surface area contributed by atoms with Gasteiger partial charge in [-0.05, 0) is 62.6 Å². The molecule has 0 unspecified atom stereocenters. The average molecular weight is 403 g/mol. The third kappa shape index (κ3) is 4.14. The average Bonchev–Trinajstić information content (AvgIpc) is 3.04. The van der Waals surface area contributed by atoms with Gasteiger partial charge in [0, 0.05) is 17.3 Å². The third-order valence-corrected chi connectivity index (χ3v) is 6.89. The van der Waals surface area contributed by atoms with Gasteiger partial charge in [0.1, 0.15) is 0 Å². The number of sulfonamides is 1. The minimum atomic E-state index is -3.64. The second-order valence-electron chi connectivity index (χ2n) is 7.32. The molecule has 0 atom stereocenters. The fourth-order valence-corrected chi connectivity index (χ4v) is 4.78. The number of hydrogen-bond acceptors (Lipinski definition) is 4. The Balaban J connectivity index is 1.94. The molecule has 0 saturated heterocycles. The van der Waals surface area contributed by atoms with E-state index >= 15 is 0 Å². The van der Waals surface area contributed by atoms with E-state index in [9.17, 15) is 13.2 Å². The smallest absolute Gasteiger partial charge is 0.264 e. The number of carbonyl (C=O) groups is 1. The summed E-state index contributed by atoms with van der Waals surface area (Å²) < 4.78 is 27.8. The monoisotopic (exact) mass is 402 g/mol. The minimum Gasteiger partial charge on any atom is -0.347 e. The van der Waals surface area contributed by atoms with Crippen LogP contribution < -0.4 is 9.62 Å².